The third-order valence-electron chi connectivity index (χ3n) is 3.07. The van der Waals surface area contributed by atoms with Crippen LogP contribution in [-0.2, 0) is 6.42 Å². The first-order valence-electron chi connectivity index (χ1n) is 6.73. The van der Waals surface area contributed by atoms with E-state index in [0.717, 1.165) is 5.56 Å². The predicted octanol–water partition coefficient (Wildman–Crippen LogP) is 2.79. The number of H-pyrrole nitrogens is 1. The first-order valence-corrected chi connectivity index (χ1v) is 6.73. The summed E-state index contributed by atoms with van der Waals surface area (Å²) in [5.41, 5.74) is 1.15. The first-order chi connectivity index (χ1) is 10.7. The van der Waals surface area contributed by atoms with Gasteiger partial charge in [-0.15, -0.1) is 5.10 Å². The molecule has 0 saturated carbocycles. The quantitative estimate of drug-likeness (QED) is 0.777. The van der Waals surface area contributed by atoms with E-state index in [2.05, 4.69) is 20.5 Å². The molecule has 0 radical (unpaired) electrons. The normalized spacial score (nSPS) is 10.4. The van der Waals surface area contributed by atoms with E-state index in [4.69, 9.17) is 0 Å². The van der Waals surface area contributed by atoms with Crippen LogP contribution in [0.15, 0.2) is 54.6 Å². The molecule has 0 unspecified atom stereocenters. The van der Waals surface area contributed by atoms with E-state index < -0.39 is 11.7 Å². The highest BCUT2D eigenvalue weighted by Crippen LogP contribution is 2.13. The van der Waals surface area contributed by atoms with Crippen molar-refractivity contribution in [3.63, 3.8) is 0 Å². The Labute approximate surface area is 126 Å². The van der Waals surface area contributed by atoms with Crippen LogP contribution in [0.4, 0.5) is 10.1 Å². The number of aromatic nitrogens is 3. The monoisotopic (exact) mass is 296 g/mol. The first kappa shape index (κ1) is 13.9. The fraction of sp³-hybridized carbons (Fsp3) is 0.0625. The second-order valence-corrected chi connectivity index (χ2v) is 4.70. The highest BCUT2D eigenvalue weighted by atomic mass is 19.1. The lowest BCUT2D eigenvalue weighted by Crippen LogP contribution is -2.14. The molecule has 5 nitrogen and oxygen atoms in total. The van der Waals surface area contributed by atoms with Crippen molar-refractivity contribution in [3.8, 4) is 0 Å². The summed E-state index contributed by atoms with van der Waals surface area (Å²) in [4.78, 5) is 16.1. The Bertz CT molecular complexity index is 786. The zero-order chi connectivity index (χ0) is 15.4. The number of halogens is 1. The van der Waals surface area contributed by atoms with Crippen molar-refractivity contribution in [2.75, 3.05) is 5.32 Å². The third-order valence-corrected chi connectivity index (χ3v) is 3.07. The summed E-state index contributed by atoms with van der Waals surface area (Å²) in [6, 6.07) is 15.6. The van der Waals surface area contributed by atoms with Crippen LogP contribution >= 0.6 is 0 Å². The molecule has 3 aromatic rings. The van der Waals surface area contributed by atoms with Crippen molar-refractivity contribution in [2.45, 2.75) is 6.42 Å². The van der Waals surface area contributed by atoms with Gasteiger partial charge in [0.2, 0.25) is 5.82 Å². The van der Waals surface area contributed by atoms with Crippen molar-refractivity contribution in [1.29, 1.82) is 0 Å². The van der Waals surface area contributed by atoms with E-state index >= 15 is 0 Å². The lowest BCUT2D eigenvalue weighted by molar-refractivity contribution is 0.101. The number of benzene rings is 2. The number of hydrogen-bond donors (Lipinski definition) is 2. The molecule has 0 spiro atoms. The Kier molecular flexibility index (Phi) is 3.91. The molecule has 2 aromatic carbocycles. The van der Waals surface area contributed by atoms with Gasteiger partial charge in [-0.3, -0.25) is 9.89 Å². The fourth-order valence-corrected chi connectivity index (χ4v) is 2.01. The van der Waals surface area contributed by atoms with Crippen molar-refractivity contribution < 1.29 is 9.18 Å². The molecule has 1 amide bonds. The number of nitrogens with one attached hydrogen (secondary N) is 2. The number of anilines is 1. The molecular formula is C16H13FN4O. The average Bonchev–Trinajstić information content (AvgIpc) is 2.99. The van der Waals surface area contributed by atoms with E-state index in [1.54, 1.807) is 12.1 Å². The van der Waals surface area contributed by atoms with Crippen molar-refractivity contribution >= 4 is 11.6 Å². The highest BCUT2D eigenvalue weighted by Gasteiger charge is 2.14. The molecule has 22 heavy (non-hydrogen) atoms. The number of rotatable bonds is 4. The molecule has 0 fully saturated rings. The molecule has 0 aliphatic heterocycles. The van der Waals surface area contributed by atoms with Gasteiger partial charge in [0.1, 0.15) is 11.6 Å². The largest absolute Gasteiger partial charge is 0.317 e. The minimum atomic E-state index is -0.555. The Morgan fingerprint density at radius 1 is 1.09 bits per heavy atom. The van der Waals surface area contributed by atoms with Gasteiger partial charge in [-0.2, -0.15) is 0 Å². The van der Waals surface area contributed by atoms with Gasteiger partial charge in [0, 0.05) is 6.42 Å². The molecule has 0 aliphatic rings. The summed E-state index contributed by atoms with van der Waals surface area (Å²) in [5, 5.41) is 9.03. The molecule has 0 bridgehead atoms. The minimum absolute atomic E-state index is 0.0193. The lowest BCUT2D eigenvalue weighted by atomic mass is 10.1. The molecule has 110 valence electrons. The maximum Gasteiger partial charge on any atom is 0.295 e. The van der Waals surface area contributed by atoms with Gasteiger partial charge in [-0.05, 0) is 17.7 Å². The van der Waals surface area contributed by atoms with Gasteiger partial charge >= 0.3 is 0 Å². The zero-order valence-electron chi connectivity index (χ0n) is 11.6. The number of aromatic amines is 1. The Morgan fingerprint density at radius 3 is 2.59 bits per heavy atom. The molecular weight excluding hydrogens is 283 g/mol. The van der Waals surface area contributed by atoms with Crippen molar-refractivity contribution in [2.24, 2.45) is 0 Å². The van der Waals surface area contributed by atoms with Crippen molar-refractivity contribution in [3.05, 3.63) is 77.6 Å². The summed E-state index contributed by atoms with van der Waals surface area (Å²) >= 11 is 0. The second-order valence-electron chi connectivity index (χ2n) is 4.70. The van der Waals surface area contributed by atoms with E-state index in [1.807, 2.05) is 30.3 Å². The summed E-state index contributed by atoms with van der Waals surface area (Å²) in [6.07, 6.45) is 0.542. The minimum Gasteiger partial charge on any atom is -0.317 e. The molecule has 3 rings (SSSR count). The summed E-state index contributed by atoms with van der Waals surface area (Å²) in [7, 11) is 0. The molecule has 1 heterocycles. The molecule has 0 saturated heterocycles. The van der Waals surface area contributed by atoms with Crippen LogP contribution in [0.1, 0.15) is 22.0 Å². The molecule has 6 heteroatoms. The fourth-order valence-electron chi connectivity index (χ4n) is 2.01. The number of carbonyl (C=O) groups excluding carboxylic acids is 1. The van der Waals surface area contributed by atoms with Gasteiger partial charge in [-0.25, -0.2) is 9.37 Å². The van der Waals surface area contributed by atoms with E-state index in [1.165, 1.54) is 12.1 Å². The standard InChI is InChI=1S/C16H13FN4O/c17-12-8-4-5-9-13(12)18-16(22)15-19-14(20-21-15)10-11-6-2-1-3-7-11/h1-9H,10H2,(H,18,22)(H,19,20,21). The van der Waals surface area contributed by atoms with Gasteiger partial charge in [0.05, 0.1) is 5.69 Å². The summed E-state index contributed by atoms with van der Waals surface area (Å²) in [6.45, 7) is 0. The number of carbonyl (C=O) groups is 1. The number of nitrogens with zero attached hydrogens (tertiary/aromatic N) is 2. The number of para-hydroxylation sites is 1. The van der Waals surface area contributed by atoms with Gasteiger partial charge in [0.15, 0.2) is 0 Å². The third kappa shape index (κ3) is 3.17. The van der Waals surface area contributed by atoms with Crippen LogP contribution in [0.25, 0.3) is 0 Å². The van der Waals surface area contributed by atoms with Crippen molar-refractivity contribution in [1.82, 2.24) is 15.2 Å². The molecule has 2 N–H and O–H groups in total. The van der Waals surface area contributed by atoms with Gasteiger partial charge in [-0.1, -0.05) is 42.5 Å². The van der Waals surface area contributed by atoms with E-state index in [-0.39, 0.29) is 11.5 Å². The second kappa shape index (κ2) is 6.17. The molecule has 1 aromatic heterocycles. The average molecular weight is 296 g/mol. The van der Waals surface area contributed by atoms with Crippen LogP contribution < -0.4 is 5.32 Å². The van der Waals surface area contributed by atoms with Crippen LogP contribution in [-0.4, -0.2) is 21.1 Å². The Morgan fingerprint density at radius 2 is 1.82 bits per heavy atom. The maximum absolute atomic E-state index is 13.5. The van der Waals surface area contributed by atoms with Crippen LogP contribution in [0.2, 0.25) is 0 Å². The number of amides is 1. The Hall–Kier alpha value is -3.02. The van der Waals surface area contributed by atoms with E-state index in [0.29, 0.717) is 12.2 Å². The van der Waals surface area contributed by atoms with E-state index in [9.17, 15) is 9.18 Å². The highest BCUT2D eigenvalue weighted by molar-refractivity contribution is 6.01. The summed E-state index contributed by atoms with van der Waals surface area (Å²) in [5.74, 6) is -0.504. The van der Waals surface area contributed by atoms with Crippen LogP contribution in [0.5, 0.6) is 0 Å². The maximum atomic E-state index is 13.5. The smallest absolute Gasteiger partial charge is 0.295 e. The SMILES string of the molecule is O=C(Nc1ccccc1F)c1n[nH]c(Cc2ccccc2)n1. The summed E-state index contributed by atoms with van der Waals surface area (Å²) < 4.78 is 13.5. The van der Waals surface area contributed by atoms with Crippen LogP contribution in [0, 0.1) is 5.82 Å². The lowest BCUT2D eigenvalue weighted by Gasteiger charge is -2.02. The van der Waals surface area contributed by atoms with Gasteiger partial charge in [0.25, 0.3) is 5.91 Å². The van der Waals surface area contributed by atoms with Crippen LogP contribution in [0.3, 0.4) is 0 Å². The number of hydrogen-bond acceptors (Lipinski definition) is 3. The topological polar surface area (TPSA) is 70.7 Å². The predicted molar refractivity (Wildman–Crippen MR) is 80.0 cm³/mol. The zero-order valence-corrected chi connectivity index (χ0v) is 11.6. The molecule has 0 aliphatic carbocycles. The Balaban J connectivity index is 1.71. The van der Waals surface area contributed by atoms with Gasteiger partial charge < -0.3 is 5.32 Å². The molecule has 0 atom stereocenters.